The molecule has 0 heterocycles. The molecule has 21 heavy (non-hydrogen) atoms. The van der Waals surface area contributed by atoms with Gasteiger partial charge in [-0.05, 0) is 37.3 Å². The number of aliphatic hydroxyl groups is 1. The molecular weight excluding hydrogens is 306 g/mol. The van der Waals surface area contributed by atoms with E-state index in [4.69, 9.17) is 5.11 Å². The monoisotopic (exact) mass is 325 g/mol. The van der Waals surface area contributed by atoms with Crippen molar-refractivity contribution in [3.63, 3.8) is 0 Å². The summed E-state index contributed by atoms with van der Waals surface area (Å²) in [5.74, 6) is 5.23. The maximum atomic E-state index is 12.3. The van der Waals surface area contributed by atoms with Crippen LogP contribution in [0.15, 0.2) is 29.2 Å². The summed E-state index contributed by atoms with van der Waals surface area (Å²) in [5.41, 5.74) is 0.579. The molecule has 0 unspecified atom stereocenters. The number of rotatable bonds is 5. The van der Waals surface area contributed by atoms with E-state index in [9.17, 15) is 8.42 Å². The van der Waals surface area contributed by atoms with Gasteiger partial charge in [-0.25, -0.2) is 13.1 Å². The predicted octanol–water partition coefficient (Wildman–Crippen LogP) is 1.59. The van der Waals surface area contributed by atoms with Crippen LogP contribution in [0.3, 0.4) is 0 Å². The van der Waals surface area contributed by atoms with E-state index >= 15 is 0 Å². The molecule has 0 saturated heterocycles. The Morgan fingerprint density at radius 2 is 2.19 bits per heavy atom. The fraction of sp³-hybridized carbons (Fsp3) is 0.467. The quantitative estimate of drug-likeness (QED) is 0.807. The van der Waals surface area contributed by atoms with Gasteiger partial charge in [0.2, 0.25) is 10.0 Å². The fourth-order valence-corrected chi connectivity index (χ4v) is 4.39. The molecule has 0 aromatic heterocycles. The van der Waals surface area contributed by atoms with Crippen LogP contribution < -0.4 is 4.72 Å². The Kier molecular flexibility index (Phi) is 5.33. The van der Waals surface area contributed by atoms with Crippen LogP contribution in [0.4, 0.5) is 0 Å². The largest absolute Gasteiger partial charge is 0.384 e. The van der Waals surface area contributed by atoms with E-state index in [2.05, 4.69) is 16.6 Å². The lowest BCUT2D eigenvalue weighted by molar-refractivity contribution is 0.350. The van der Waals surface area contributed by atoms with Crippen LogP contribution in [0, 0.1) is 11.8 Å². The number of hydrogen-bond acceptors (Lipinski definition) is 4. The van der Waals surface area contributed by atoms with Gasteiger partial charge in [-0.2, -0.15) is 11.8 Å². The summed E-state index contributed by atoms with van der Waals surface area (Å²) in [6, 6.07) is 6.46. The summed E-state index contributed by atoms with van der Waals surface area (Å²) < 4.78 is 27.4. The Labute approximate surface area is 130 Å². The Morgan fingerprint density at radius 3 is 2.76 bits per heavy atom. The fourth-order valence-electron chi connectivity index (χ4n) is 2.22. The third kappa shape index (κ3) is 4.01. The van der Waals surface area contributed by atoms with Gasteiger partial charge in [0.1, 0.15) is 6.61 Å². The minimum atomic E-state index is -3.52. The Hall–Kier alpha value is -1.00. The van der Waals surface area contributed by atoms with E-state index in [0.29, 0.717) is 12.1 Å². The summed E-state index contributed by atoms with van der Waals surface area (Å²) in [7, 11) is -3.52. The average molecular weight is 325 g/mol. The average Bonchev–Trinajstić information content (AvgIpc) is 2.45. The summed E-state index contributed by atoms with van der Waals surface area (Å²) in [6.07, 6.45) is 5.30. The molecule has 4 nitrogen and oxygen atoms in total. The first kappa shape index (κ1) is 16.4. The minimum Gasteiger partial charge on any atom is -0.384 e. The van der Waals surface area contributed by atoms with Crippen LogP contribution in [0.5, 0.6) is 0 Å². The highest BCUT2D eigenvalue weighted by Gasteiger charge is 2.37. The third-order valence-electron chi connectivity index (χ3n) is 3.74. The van der Waals surface area contributed by atoms with Crippen molar-refractivity contribution in [1.82, 2.24) is 4.72 Å². The molecule has 114 valence electrons. The van der Waals surface area contributed by atoms with Crippen molar-refractivity contribution in [2.24, 2.45) is 0 Å². The van der Waals surface area contributed by atoms with Crippen LogP contribution in [0.25, 0.3) is 0 Å². The van der Waals surface area contributed by atoms with Crippen molar-refractivity contribution in [2.45, 2.75) is 28.9 Å². The topological polar surface area (TPSA) is 66.4 Å². The molecule has 1 aliphatic carbocycles. The van der Waals surface area contributed by atoms with E-state index in [1.54, 1.807) is 30.0 Å². The second-order valence-corrected chi connectivity index (χ2v) is 8.09. The molecule has 0 bridgehead atoms. The van der Waals surface area contributed by atoms with Crippen LogP contribution in [-0.4, -0.2) is 37.7 Å². The highest BCUT2D eigenvalue weighted by atomic mass is 32.2. The molecule has 6 heteroatoms. The smallest absolute Gasteiger partial charge is 0.240 e. The second-order valence-electron chi connectivity index (χ2n) is 5.05. The zero-order valence-corrected chi connectivity index (χ0v) is 13.6. The molecular formula is C15H19NO3S2. The van der Waals surface area contributed by atoms with E-state index < -0.39 is 10.0 Å². The zero-order chi connectivity index (χ0) is 15.3. The van der Waals surface area contributed by atoms with Crippen LogP contribution in [-0.2, 0) is 10.0 Å². The van der Waals surface area contributed by atoms with E-state index in [1.165, 1.54) is 6.07 Å². The number of thioether (sulfide) groups is 1. The molecule has 0 radical (unpaired) electrons. The molecule has 1 aromatic carbocycles. The van der Waals surface area contributed by atoms with Gasteiger partial charge in [0.05, 0.1) is 4.90 Å². The van der Waals surface area contributed by atoms with Crippen LogP contribution >= 0.6 is 11.8 Å². The highest BCUT2D eigenvalue weighted by molar-refractivity contribution is 8.00. The van der Waals surface area contributed by atoms with Gasteiger partial charge in [-0.1, -0.05) is 24.3 Å². The number of aliphatic hydroxyl groups excluding tert-OH is 1. The standard InChI is InChI=1S/C15H19NO3S2/c1-20-15(8-4-9-15)12-16-21(18,19)14-7-2-5-13(11-14)6-3-10-17/h2,5,7,11,16-17H,4,8-10,12H2,1H3. The van der Waals surface area contributed by atoms with E-state index in [1.807, 2.05) is 6.26 Å². The summed E-state index contributed by atoms with van der Waals surface area (Å²) in [5, 5.41) is 8.68. The van der Waals surface area contributed by atoms with Crippen molar-refractivity contribution in [3.05, 3.63) is 29.8 Å². The van der Waals surface area contributed by atoms with Crippen molar-refractivity contribution in [2.75, 3.05) is 19.4 Å². The first-order chi connectivity index (χ1) is 10.0. The van der Waals surface area contributed by atoms with E-state index in [-0.39, 0.29) is 16.2 Å². The van der Waals surface area contributed by atoms with Crippen LogP contribution in [0.2, 0.25) is 0 Å². The van der Waals surface area contributed by atoms with Gasteiger partial charge < -0.3 is 5.11 Å². The SMILES string of the molecule is CSC1(CNS(=O)(=O)c2cccc(C#CCO)c2)CCC1. The molecule has 2 rings (SSSR count). The maximum absolute atomic E-state index is 12.3. The molecule has 1 aromatic rings. The lowest BCUT2D eigenvalue weighted by Crippen LogP contribution is -2.45. The molecule has 0 amide bonds. The minimum absolute atomic E-state index is 0.0569. The lowest BCUT2D eigenvalue weighted by atomic mass is 9.84. The molecule has 0 spiro atoms. The molecule has 1 saturated carbocycles. The molecule has 1 aliphatic rings. The normalized spacial score (nSPS) is 16.7. The van der Waals surface area contributed by atoms with Crippen molar-refractivity contribution in [3.8, 4) is 11.8 Å². The maximum Gasteiger partial charge on any atom is 0.240 e. The molecule has 1 fully saturated rings. The Balaban J connectivity index is 2.12. The second kappa shape index (κ2) is 6.84. The molecule has 0 aliphatic heterocycles. The van der Waals surface area contributed by atoms with Gasteiger partial charge in [0.25, 0.3) is 0 Å². The lowest BCUT2D eigenvalue weighted by Gasteiger charge is -2.40. The highest BCUT2D eigenvalue weighted by Crippen LogP contribution is 2.42. The molecule has 2 N–H and O–H groups in total. The van der Waals surface area contributed by atoms with Gasteiger partial charge in [-0.3, -0.25) is 0 Å². The van der Waals surface area contributed by atoms with Gasteiger partial charge in [-0.15, -0.1) is 0 Å². The number of benzene rings is 1. The number of sulfonamides is 1. The molecule has 0 atom stereocenters. The van der Waals surface area contributed by atoms with Crippen molar-refractivity contribution in [1.29, 1.82) is 0 Å². The van der Waals surface area contributed by atoms with Crippen molar-refractivity contribution < 1.29 is 13.5 Å². The Bertz CT molecular complexity index is 649. The summed E-state index contributed by atoms with van der Waals surface area (Å²) in [4.78, 5) is 0.211. The van der Waals surface area contributed by atoms with Gasteiger partial charge in [0, 0.05) is 16.9 Å². The van der Waals surface area contributed by atoms with E-state index in [0.717, 1.165) is 19.3 Å². The third-order valence-corrected chi connectivity index (χ3v) is 6.56. The number of nitrogens with one attached hydrogen (secondary N) is 1. The van der Waals surface area contributed by atoms with Crippen molar-refractivity contribution >= 4 is 21.8 Å². The summed E-state index contributed by atoms with van der Waals surface area (Å²) >= 11 is 1.73. The zero-order valence-electron chi connectivity index (χ0n) is 11.9. The number of hydrogen-bond donors (Lipinski definition) is 2. The first-order valence-corrected chi connectivity index (χ1v) is 9.47. The summed E-state index contributed by atoms with van der Waals surface area (Å²) in [6.45, 7) is 0.217. The Morgan fingerprint density at radius 1 is 1.43 bits per heavy atom. The van der Waals surface area contributed by atoms with Gasteiger partial charge >= 0.3 is 0 Å². The predicted molar refractivity (Wildman–Crippen MR) is 85.7 cm³/mol. The van der Waals surface area contributed by atoms with Gasteiger partial charge in [0.15, 0.2) is 0 Å². The van der Waals surface area contributed by atoms with Crippen LogP contribution in [0.1, 0.15) is 24.8 Å². The first-order valence-electron chi connectivity index (χ1n) is 6.76.